The van der Waals surface area contributed by atoms with Crippen LogP contribution in [0.25, 0.3) is 0 Å². The topological polar surface area (TPSA) is 18.5 Å². The summed E-state index contributed by atoms with van der Waals surface area (Å²) >= 11 is 0. The zero-order chi connectivity index (χ0) is 15.3. The normalized spacial score (nSPS) is 34.9. The highest BCUT2D eigenvalue weighted by atomic mass is 19.2. The molecule has 2 heterocycles. The van der Waals surface area contributed by atoms with Crippen LogP contribution < -0.4 is 0 Å². The quantitative estimate of drug-likeness (QED) is 0.828. The third-order valence-corrected chi connectivity index (χ3v) is 5.22. The van der Waals surface area contributed by atoms with Crippen LogP contribution in [-0.2, 0) is 16.1 Å². The highest BCUT2D eigenvalue weighted by molar-refractivity contribution is 5.18. The van der Waals surface area contributed by atoms with Crippen LogP contribution in [0.4, 0.5) is 8.78 Å². The lowest BCUT2D eigenvalue weighted by Gasteiger charge is -2.31. The van der Waals surface area contributed by atoms with E-state index in [1.807, 2.05) is 0 Å². The minimum Gasteiger partial charge on any atom is -0.370 e. The molecule has 0 N–H and O–H groups in total. The Morgan fingerprint density at radius 2 is 2.10 bits per heavy atom. The molecule has 1 aromatic rings. The molecule has 2 aliphatic rings. The molecular formula is C17H22F2O2. The molecule has 2 aliphatic heterocycles. The Balaban J connectivity index is 1.71. The van der Waals surface area contributed by atoms with Crippen molar-refractivity contribution in [2.75, 3.05) is 0 Å². The summed E-state index contributed by atoms with van der Waals surface area (Å²) in [4.78, 5) is 0. The van der Waals surface area contributed by atoms with Gasteiger partial charge in [0.15, 0.2) is 11.6 Å². The molecule has 0 unspecified atom stereocenters. The molecule has 0 spiro atoms. The van der Waals surface area contributed by atoms with Gasteiger partial charge in [-0.3, -0.25) is 0 Å². The van der Waals surface area contributed by atoms with Gasteiger partial charge in [0.25, 0.3) is 0 Å². The molecule has 2 saturated heterocycles. The second-order valence-corrected chi connectivity index (χ2v) is 6.85. The van der Waals surface area contributed by atoms with E-state index in [2.05, 4.69) is 20.8 Å². The first kappa shape index (κ1) is 14.9. The molecule has 2 fully saturated rings. The van der Waals surface area contributed by atoms with E-state index in [9.17, 15) is 8.78 Å². The molecule has 21 heavy (non-hydrogen) atoms. The van der Waals surface area contributed by atoms with Crippen LogP contribution in [0.2, 0.25) is 0 Å². The number of fused-ring (bicyclic) bond motifs is 2. The Hall–Kier alpha value is -1.00. The molecule has 0 saturated carbocycles. The van der Waals surface area contributed by atoms with Crippen LogP contribution in [0.1, 0.15) is 45.6 Å². The SMILES string of the molecule is CC(C)[C@@]12CC[C@@](C)(O1)[C@@H](OCc1cccc(F)c1F)C2. The molecule has 3 rings (SSSR count). The average Bonchev–Trinajstić information content (AvgIpc) is 2.93. The van der Waals surface area contributed by atoms with Crippen molar-refractivity contribution in [1.29, 1.82) is 0 Å². The van der Waals surface area contributed by atoms with Crippen LogP contribution in [0.3, 0.4) is 0 Å². The molecule has 1 aromatic carbocycles. The van der Waals surface area contributed by atoms with Gasteiger partial charge in [-0.1, -0.05) is 26.0 Å². The zero-order valence-electron chi connectivity index (χ0n) is 12.8. The van der Waals surface area contributed by atoms with Gasteiger partial charge in [0.1, 0.15) is 0 Å². The van der Waals surface area contributed by atoms with Crippen LogP contribution >= 0.6 is 0 Å². The van der Waals surface area contributed by atoms with Crippen molar-refractivity contribution in [3.8, 4) is 0 Å². The predicted octanol–water partition coefficient (Wildman–Crippen LogP) is 4.22. The van der Waals surface area contributed by atoms with Crippen LogP contribution in [0, 0.1) is 17.6 Å². The molecule has 4 heteroatoms. The Morgan fingerprint density at radius 1 is 1.33 bits per heavy atom. The number of ether oxygens (including phenoxy) is 2. The van der Waals surface area contributed by atoms with Crippen molar-refractivity contribution in [1.82, 2.24) is 0 Å². The first-order chi connectivity index (χ1) is 9.86. The van der Waals surface area contributed by atoms with Crippen molar-refractivity contribution in [3.05, 3.63) is 35.4 Å². The second-order valence-electron chi connectivity index (χ2n) is 6.85. The number of hydrogen-bond donors (Lipinski definition) is 0. The van der Waals surface area contributed by atoms with Gasteiger partial charge in [-0.25, -0.2) is 8.78 Å². The summed E-state index contributed by atoms with van der Waals surface area (Å²) in [5, 5.41) is 0. The van der Waals surface area contributed by atoms with Gasteiger partial charge in [-0.2, -0.15) is 0 Å². The number of rotatable bonds is 4. The minimum atomic E-state index is -0.829. The van der Waals surface area contributed by atoms with Gasteiger partial charge in [0.05, 0.1) is 23.9 Å². The first-order valence-electron chi connectivity index (χ1n) is 7.61. The molecule has 116 valence electrons. The summed E-state index contributed by atoms with van der Waals surface area (Å²) in [6.07, 6.45) is 2.78. The minimum absolute atomic E-state index is 0.0590. The fourth-order valence-corrected chi connectivity index (χ4v) is 3.65. The summed E-state index contributed by atoms with van der Waals surface area (Å²) < 4.78 is 39.1. The lowest BCUT2D eigenvalue weighted by atomic mass is 9.75. The standard InChI is InChI=1S/C17H22F2O2/c1-11(2)17-8-7-16(3,21-17)14(9-17)20-10-12-5-4-6-13(18)15(12)19/h4-6,11,14H,7-10H2,1-3H3/t14-,16+,17-/m0/s1. The van der Waals surface area contributed by atoms with E-state index in [1.165, 1.54) is 6.07 Å². The first-order valence-corrected chi connectivity index (χ1v) is 7.61. The van der Waals surface area contributed by atoms with E-state index in [1.54, 1.807) is 6.07 Å². The fourth-order valence-electron chi connectivity index (χ4n) is 3.65. The van der Waals surface area contributed by atoms with Crippen molar-refractivity contribution >= 4 is 0 Å². The lowest BCUT2D eigenvalue weighted by Crippen LogP contribution is -2.38. The van der Waals surface area contributed by atoms with E-state index in [-0.39, 0.29) is 29.5 Å². The Morgan fingerprint density at radius 3 is 2.76 bits per heavy atom. The second kappa shape index (κ2) is 5.03. The monoisotopic (exact) mass is 296 g/mol. The highest BCUT2D eigenvalue weighted by Crippen LogP contribution is 2.55. The molecule has 0 amide bonds. The van der Waals surface area contributed by atoms with Gasteiger partial charge >= 0.3 is 0 Å². The van der Waals surface area contributed by atoms with E-state index >= 15 is 0 Å². The van der Waals surface area contributed by atoms with Gasteiger partial charge < -0.3 is 9.47 Å². The maximum absolute atomic E-state index is 13.7. The van der Waals surface area contributed by atoms with E-state index in [0.29, 0.717) is 5.92 Å². The largest absolute Gasteiger partial charge is 0.370 e. The number of hydrogen-bond acceptors (Lipinski definition) is 2. The molecular weight excluding hydrogens is 274 g/mol. The molecule has 0 aromatic heterocycles. The predicted molar refractivity (Wildman–Crippen MR) is 75.8 cm³/mol. The smallest absolute Gasteiger partial charge is 0.164 e. The summed E-state index contributed by atoms with van der Waals surface area (Å²) in [6.45, 7) is 6.48. The fraction of sp³-hybridized carbons (Fsp3) is 0.647. The molecule has 2 nitrogen and oxygen atoms in total. The van der Waals surface area contributed by atoms with Crippen molar-refractivity contribution < 1.29 is 18.3 Å². The highest BCUT2D eigenvalue weighted by Gasteiger charge is 2.60. The van der Waals surface area contributed by atoms with Crippen LogP contribution in [-0.4, -0.2) is 17.3 Å². The summed E-state index contributed by atoms with van der Waals surface area (Å²) in [5.74, 6) is -1.21. The van der Waals surface area contributed by atoms with Gasteiger partial charge in [0, 0.05) is 12.0 Å². The summed E-state index contributed by atoms with van der Waals surface area (Å²) in [7, 11) is 0. The summed E-state index contributed by atoms with van der Waals surface area (Å²) in [5.41, 5.74) is -0.145. The molecule has 3 atom stereocenters. The van der Waals surface area contributed by atoms with Crippen molar-refractivity contribution in [2.45, 2.75) is 63.9 Å². The van der Waals surface area contributed by atoms with E-state index in [0.717, 1.165) is 25.3 Å². The molecule has 2 bridgehead atoms. The van der Waals surface area contributed by atoms with Crippen molar-refractivity contribution in [3.63, 3.8) is 0 Å². The van der Waals surface area contributed by atoms with E-state index < -0.39 is 11.6 Å². The van der Waals surface area contributed by atoms with E-state index in [4.69, 9.17) is 9.47 Å². The maximum atomic E-state index is 13.7. The lowest BCUT2D eigenvalue weighted by molar-refractivity contribution is -0.0962. The van der Waals surface area contributed by atoms with Crippen LogP contribution in [0.5, 0.6) is 0 Å². The Bertz CT molecular complexity index is 546. The van der Waals surface area contributed by atoms with Crippen LogP contribution in [0.15, 0.2) is 18.2 Å². The van der Waals surface area contributed by atoms with Gasteiger partial charge in [-0.05, 0) is 31.7 Å². The third kappa shape index (κ3) is 2.38. The summed E-state index contributed by atoms with van der Waals surface area (Å²) in [6, 6.07) is 4.19. The average molecular weight is 296 g/mol. The Kier molecular flexibility index (Phi) is 3.57. The van der Waals surface area contributed by atoms with Crippen molar-refractivity contribution in [2.24, 2.45) is 5.92 Å². The third-order valence-electron chi connectivity index (χ3n) is 5.22. The van der Waals surface area contributed by atoms with Gasteiger partial charge in [-0.15, -0.1) is 0 Å². The van der Waals surface area contributed by atoms with Gasteiger partial charge in [0.2, 0.25) is 0 Å². The molecule has 0 aliphatic carbocycles. The number of halogens is 2. The maximum Gasteiger partial charge on any atom is 0.164 e. The molecule has 0 radical (unpaired) electrons. The Labute approximate surface area is 124 Å². The number of benzene rings is 1. The zero-order valence-corrected chi connectivity index (χ0v) is 12.8.